The smallest absolute Gasteiger partial charge is 0.358 e. The fourth-order valence-electron chi connectivity index (χ4n) is 2.87. The number of carbonyl (C=O) groups is 1. The lowest BCUT2D eigenvalue weighted by Gasteiger charge is -2.12. The molecule has 7 heteroatoms. The number of hydrogen-bond donors (Lipinski definition) is 2. The Balaban J connectivity index is 1.72. The molecule has 1 amide bonds. The van der Waals surface area contributed by atoms with Crippen molar-refractivity contribution in [2.75, 3.05) is 6.54 Å². The number of halogens is 3. The second kappa shape index (κ2) is 6.58. The van der Waals surface area contributed by atoms with E-state index in [9.17, 15) is 18.0 Å². The molecule has 0 radical (unpaired) electrons. The molecular formula is C18H16F3N3O. The number of para-hydroxylation sites is 1. The Morgan fingerprint density at radius 3 is 2.76 bits per heavy atom. The molecule has 0 bridgehead atoms. The van der Waals surface area contributed by atoms with Gasteiger partial charge < -0.3 is 10.3 Å². The summed E-state index contributed by atoms with van der Waals surface area (Å²) >= 11 is 0. The van der Waals surface area contributed by atoms with Gasteiger partial charge in [-0.05, 0) is 31.0 Å². The van der Waals surface area contributed by atoms with Crippen LogP contribution in [0.3, 0.4) is 0 Å². The van der Waals surface area contributed by atoms with E-state index in [2.05, 4.69) is 15.3 Å². The maximum absolute atomic E-state index is 13.0. The number of rotatable bonds is 4. The minimum Gasteiger partial charge on any atom is -0.358 e. The molecule has 0 unspecified atom stereocenters. The van der Waals surface area contributed by atoms with E-state index < -0.39 is 23.2 Å². The third kappa shape index (κ3) is 3.50. The predicted molar refractivity (Wildman–Crippen MR) is 88.3 cm³/mol. The fourth-order valence-corrected chi connectivity index (χ4v) is 2.87. The number of aromatic nitrogens is 2. The summed E-state index contributed by atoms with van der Waals surface area (Å²) in [6.45, 7) is 2.17. The van der Waals surface area contributed by atoms with Crippen molar-refractivity contribution in [1.82, 2.24) is 15.3 Å². The molecule has 0 aliphatic rings. The number of pyridine rings is 1. The van der Waals surface area contributed by atoms with Gasteiger partial charge in [-0.1, -0.05) is 18.2 Å². The summed E-state index contributed by atoms with van der Waals surface area (Å²) in [4.78, 5) is 18.9. The molecule has 0 saturated carbocycles. The van der Waals surface area contributed by atoms with Crippen LogP contribution in [-0.4, -0.2) is 22.4 Å². The lowest BCUT2D eigenvalue weighted by Crippen LogP contribution is -2.28. The summed E-state index contributed by atoms with van der Waals surface area (Å²) in [5, 5.41) is 3.61. The van der Waals surface area contributed by atoms with E-state index in [0.29, 0.717) is 12.6 Å². The zero-order valence-corrected chi connectivity index (χ0v) is 13.4. The maximum Gasteiger partial charge on any atom is 0.418 e. The molecule has 0 spiro atoms. The van der Waals surface area contributed by atoms with Crippen LogP contribution in [0.4, 0.5) is 13.2 Å². The highest BCUT2D eigenvalue weighted by molar-refractivity contribution is 5.95. The summed E-state index contributed by atoms with van der Waals surface area (Å²) < 4.78 is 38.9. The molecule has 0 atom stereocenters. The summed E-state index contributed by atoms with van der Waals surface area (Å²) in [7, 11) is 0. The van der Waals surface area contributed by atoms with Gasteiger partial charge in [0.05, 0.1) is 11.1 Å². The van der Waals surface area contributed by atoms with Crippen LogP contribution in [0.5, 0.6) is 0 Å². The molecule has 2 heterocycles. The topological polar surface area (TPSA) is 57.8 Å². The molecule has 4 nitrogen and oxygen atoms in total. The van der Waals surface area contributed by atoms with Gasteiger partial charge in [-0.25, -0.2) is 0 Å². The van der Waals surface area contributed by atoms with E-state index in [1.54, 1.807) is 0 Å². The second-order valence-electron chi connectivity index (χ2n) is 5.70. The van der Waals surface area contributed by atoms with Crippen molar-refractivity contribution in [2.24, 2.45) is 0 Å². The maximum atomic E-state index is 13.0. The SMILES string of the molecule is Cc1[nH]c2ccccc2c1CCNC(=O)c1ccncc1C(F)(F)F. The van der Waals surface area contributed by atoms with Crippen LogP contribution in [0.15, 0.2) is 42.7 Å². The first-order valence-corrected chi connectivity index (χ1v) is 7.73. The molecule has 0 fully saturated rings. The largest absolute Gasteiger partial charge is 0.418 e. The number of fused-ring (bicyclic) bond motifs is 1. The Kier molecular flexibility index (Phi) is 4.48. The van der Waals surface area contributed by atoms with Crippen molar-refractivity contribution < 1.29 is 18.0 Å². The first-order valence-electron chi connectivity index (χ1n) is 7.73. The zero-order valence-electron chi connectivity index (χ0n) is 13.4. The first kappa shape index (κ1) is 17.0. The highest BCUT2D eigenvalue weighted by atomic mass is 19.4. The van der Waals surface area contributed by atoms with E-state index in [4.69, 9.17) is 0 Å². The molecule has 0 aliphatic heterocycles. The summed E-state index contributed by atoms with van der Waals surface area (Å²) in [6, 6.07) is 8.85. The Hall–Kier alpha value is -2.83. The van der Waals surface area contributed by atoms with Crippen LogP contribution in [0.2, 0.25) is 0 Å². The second-order valence-corrected chi connectivity index (χ2v) is 5.70. The van der Waals surface area contributed by atoms with Gasteiger partial charge in [0, 0.05) is 35.5 Å². The highest BCUT2D eigenvalue weighted by Gasteiger charge is 2.35. The quantitative estimate of drug-likeness (QED) is 0.753. The van der Waals surface area contributed by atoms with Gasteiger partial charge in [-0.15, -0.1) is 0 Å². The molecule has 1 aromatic carbocycles. The molecular weight excluding hydrogens is 331 g/mol. The van der Waals surface area contributed by atoms with E-state index in [-0.39, 0.29) is 6.54 Å². The molecule has 0 aliphatic carbocycles. The summed E-state index contributed by atoms with van der Waals surface area (Å²) in [5.41, 5.74) is 1.57. The molecule has 25 heavy (non-hydrogen) atoms. The van der Waals surface area contributed by atoms with Gasteiger partial charge in [0.1, 0.15) is 0 Å². The number of H-pyrrole nitrogens is 1. The highest BCUT2D eigenvalue weighted by Crippen LogP contribution is 2.31. The number of alkyl halides is 3. The van der Waals surface area contributed by atoms with E-state index >= 15 is 0 Å². The molecule has 3 aromatic rings. The van der Waals surface area contributed by atoms with Crippen molar-refractivity contribution >= 4 is 16.8 Å². The lowest BCUT2D eigenvalue weighted by molar-refractivity contribution is -0.138. The third-order valence-corrected chi connectivity index (χ3v) is 4.06. The van der Waals surface area contributed by atoms with Gasteiger partial charge in [-0.2, -0.15) is 13.2 Å². The normalized spacial score (nSPS) is 11.7. The van der Waals surface area contributed by atoms with Crippen LogP contribution in [0.1, 0.15) is 27.2 Å². The molecule has 130 valence electrons. The Bertz CT molecular complexity index is 915. The van der Waals surface area contributed by atoms with Crippen LogP contribution in [0, 0.1) is 6.92 Å². The van der Waals surface area contributed by atoms with Crippen molar-refractivity contribution in [1.29, 1.82) is 0 Å². The number of amides is 1. The number of nitrogens with one attached hydrogen (secondary N) is 2. The monoisotopic (exact) mass is 347 g/mol. The minimum absolute atomic E-state index is 0.237. The predicted octanol–water partition coefficient (Wildman–Crippen LogP) is 3.86. The molecule has 0 saturated heterocycles. The number of hydrogen-bond acceptors (Lipinski definition) is 2. The minimum atomic E-state index is -4.62. The van der Waals surface area contributed by atoms with Crippen LogP contribution in [0.25, 0.3) is 10.9 Å². The standard InChI is InChI=1S/C18H16F3N3O/c1-11-12(13-4-2-3-5-16(13)24-11)7-9-23-17(25)14-6-8-22-10-15(14)18(19,20)21/h2-6,8,10,24H,7,9H2,1H3,(H,23,25). The van der Waals surface area contributed by atoms with Crippen LogP contribution < -0.4 is 5.32 Å². The Morgan fingerprint density at radius 2 is 2.00 bits per heavy atom. The van der Waals surface area contributed by atoms with Gasteiger partial charge in [-0.3, -0.25) is 9.78 Å². The first-order chi connectivity index (χ1) is 11.9. The summed E-state index contributed by atoms with van der Waals surface area (Å²) in [5.74, 6) is -0.757. The van der Waals surface area contributed by atoms with E-state index in [1.807, 2.05) is 31.2 Å². The van der Waals surface area contributed by atoms with Gasteiger partial charge in [0.2, 0.25) is 0 Å². The molecule has 3 rings (SSSR count). The van der Waals surface area contributed by atoms with Gasteiger partial charge in [0.15, 0.2) is 0 Å². The van der Waals surface area contributed by atoms with Crippen molar-refractivity contribution in [3.63, 3.8) is 0 Å². The number of nitrogens with zero attached hydrogens (tertiary/aromatic N) is 1. The van der Waals surface area contributed by atoms with E-state index in [0.717, 1.165) is 28.2 Å². The average Bonchev–Trinajstić information content (AvgIpc) is 2.90. The lowest BCUT2D eigenvalue weighted by atomic mass is 10.1. The number of benzene rings is 1. The Labute approximate surface area is 142 Å². The number of aryl methyl sites for hydroxylation is 1. The summed E-state index contributed by atoms with van der Waals surface area (Å²) in [6.07, 6.45) is -2.25. The average molecular weight is 347 g/mol. The van der Waals surface area contributed by atoms with Crippen molar-refractivity contribution in [3.8, 4) is 0 Å². The van der Waals surface area contributed by atoms with Crippen LogP contribution >= 0.6 is 0 Å². The van der Waals surface area contributed by atoms with Gasteiger partial charge in [0.25, 0.3) is 5.91 Å². The van der Waals surface area contributed by atoms with Crippen molar-refractivity contribution in [2.45, 2.75) is 19.5 Å². The molecule has 2 N–H and O–H groups in total. The number of aromatic amines is 1. The van der Waals surface area contributed by atoms with E-state index in [1.165, 1.54) is 6.20 Å². The van der Waals surface area contributed by atoms with Crippen molar-refractivity contribution in [3.05, 3.63) is 65.1 Å². The Morgan fingerprint density at radius 1 is 1.24 bits per heavy atom. The fraction of sp³-hybridized carbons (Fsp3) is 0.222. The van der Waals surface area contributed by atoms with Crippen LogP contribution in [-0.2, 0) is 12.6 Å². The number of carbonyl (C=O) groups excluding carboxylic acids is 1. The zero-order chi connectivity index (χ0) is 18.0. The third-order valence-electron chi connectivity index (χ3n) is 4.06. The molecule has 2 aromatic heterocycles. The van der Waals surface area contributed by atoms with Gasteiger partial charge >= 0.3 is 6.18 Å².